The summed E-state index contributed by atoms with van der Waals surface area (Å²) in [4.78, 5) is 0. The van der Waals surface area contributed by atoms with Gasteiger partial charge in [-0.15, -0.1) is 0 Å². The van der Waals surface area contributed by atoms with Crippen molar-refractivity contribution in [3.05, 3.63) is 34.9 Å². The molecule has 0 aromatic heterocycles. The minimum atomic E-state index is 0.210. The highest BCUT2D eigenvalue weighted by Crippen LogP contribution is 2.11. The molecule has 1 rings (SSSR count). The van der Waals surface area contributed by atoms with E-state index in [9.17, 15) is 0 Å². The van der Waals surface area contributed by atoms with Crippen LogP contribution in [0.2, 0.25) is 5.02 Å². The first-order valence-electron chi connectivity index (χ1n) is 4.83. The molecule has 0 amide bonds. The Morgan fingerprint density at radius 1 is 1.47 bits per heavy atom. The molecule has 1 aromatic carbocycles. The lowest BCUT2D eigenvalue weighted by Gasteiger charge is -2.04. The van der Waals surface area contributed by atoms with E-state index in [2.05, 4.69) is 0 Å². The number of benzene rings is 1. The molecular weight excluding hydrogens is 212 g/mol. The van der Waals surface area contributed by atoms with E-state index < -0.39 is 0 Å². The Balaban J connectivity index is 2.17. The highest BCUT2D eigenvalue weighted by Gasteiger charge is 1.95. The zero-order valence-electron chi connectivity index (χ0n) is 8.50. The highest BCUT2D eigenvalue weighted by molar-refractivity contribution is 6.30. The maximum atomic E-state index is 7.03. The Hall–Kier alpha value is -1.06. The van der Waals surface area contributed by atoms with E-state index in [0.717, 1.165) is 17.0 Å². The fourth-order valence-corrected chi connectivity index (χ4v) is 1.39. The molecule has 0 bridgehead atoms. The van der Waals surface area contributed by atoms with Gasteiger partial charge in [0, 0.05) is 18.1 Å². The second-order valence-electron chi connectivity index (χ2n) is 3.31. The van der Waals surface area contributed by atoms with Gasteiger partial charge in [-0.3, -0.25) is 5.41 Å². The summed E-state index contributed by atoms with van der Waals surface area (Å²) in [7, 11) is 0. The molecule has 0 aliphatic heterocycles. The number of hydrogen-bond acceptors (Lipinski definition) is 2. The zero-order chi connectivity index (χ0) is 11.1. The maximum absolute atomic E-state index is 7.03. The van der Waals surface area contributed by atoms with Gasteiger partial charge in [0.25, 0.3) is 0 Å². The number of nitrogens with one attached hydrogen (secondary N) is 1. The van der Waals surface area contributed by atoms with Crippen molar-refractivity contribution in [1.82, 2.24) is 0 Å². The molecule has 1 aromatic rings. The number of ether oxygens (including phenoxy) is 1. The van der Waals surface area contributed by atoms with Gasteiger partial charge in [-0.2, -0.15) is 0 Å². The summed E-state index contributed by atoms with van der Waals surface area (Å²) in [5, 5.41) is 7.75. The Bertz CT molecular complexity index is 328. The van der Waals surface area contributed by atoms with Crippen LogP contribution in [0, 0.1) is 5.41 Å². The second kappa shape index (κ2) is 6.43. The van der Waals surface area contributed by atoms with E-state index in [4.69, 9.17) is 27.5 Å². The van der Waals surface area contributed by atoms with Crippen molar-refractivity contribution in [1.29, 1.82) is 5.41 Å². The van der Waals surface area contributed by atoms with Gasteiger partial charge in [0.15, 0.2) is 0 Å². The van der Waals surface area contributed by atoms with Crippen LogP contribution in [0.5, 0.6) is 0 Å². The van der Waals surface area contributed by atoms with Crippen LogP contribution < -0.4 is 5.73 Å². The fourth-order valence-electron chi connectivity index (χ4n) is 1.18. The van der Waals surface area contributed by atoms with E-state index in [1.165, 1.54) is 0 Å². The lowest BCUT2D eigenvalue weighted by Crippen LogP contribution is -2.10. The van der Waals surface area contributed by atoms with E-state index in [0.29, 0.717) is 19.6 Å². The molecule has 4 heteroatoms. The Kier molecular flexibility index (Phi) is 5.15. The molecule has 82 valence electrons. The summed E-state index contributed by atoms with van der Waals surface area (Å²) in [5.41, 5.74) is 6.28. The Labute approximate surface area is 94.7 Å². The number of hydrogen-bond donors (Lipinski definition) is 2. The molecule has 0 fully saturated rings. The van der Waals surface area contributed by atoms with Crippen LogP contribution in [-0.2, 0) is 11.3 Å². The summed E-state index contributed by atoms with van der Waals surface area (Å²) in [5.74, 6) is 0.210. The van der Waals surface area contributed by atoms with Crippen LogP contribution in [0.3, 0.4) is 0 Å². The third-order valence-corrected chi connectivity index (χ3v) is 2.13. The zero-order valence-corrected chi connectivity index (χ0v) is 9.26. The van der Waals surface area contributed by atoms with Crippen molar-refractivity contribution in [2.75, 3.05) is 6.61 Å². The largest absolute Gasteiger partial charge is 0.388 e. The van der Waals surface area contributed by atoms with Gasteiger partial charge >= 0.3 is 0 Å². The second-order valence-corrected chi connectivity index (χ2v) is 3.75. The SMILES string of the molecule is N=C(N)CCCOCc1cccc(Cl)c1. The molecular formula is C11H15ClN2O. The van der Waals surface area contributed by atoms with Crippen molar-refractivity contribution >= 4 is 17.4 Å². The summed E-state index contributed by atoms with van der Waals surface area (Å²) >= 11 is 5.83. The molecule has 0 aliphatic carbocycles. The average Bonchev–Trinajstić information content (AvgIpc) is 2.17. The van der Waals surface area contributed by atoms with E-state index >= 15 is 0 Å². The van der Waals surface area contributed by atoms with Crippen molar-refractivity contribution in [3.63, 3.8) is 0 Å². The maximum Gasteiger partial charge on any atom is 0.0906 e. The van der Waals surface area contributed by atoms with Crippen LogP contribution >= 0.6 is 11.6 Å². The number of amidine groups is 1. The topological polar surface area (TPSA) is 59.1 Å². The minimum Gasteiger partial charge on any atom is -0.388 e. The highest BCUT2D eigenvalue weighted by atomic mass is 35.5. The minimum absolute atomic E-state index is 0.210. The molecule has 0 spiro atoms. The van der Waals surface area contributed by atoms with Crippen LogP contribution in [0.15, 0.2) is 24.3 Å². The smallest absolute Gasteiger partial charge is 0.0906 e. The molecule has 0 radical (unpaired) electrons. The Morgan fingerprint density at radius 3 is 2.93 bits per heavy atom. The van der Waals surface area contributed by atoms with Crippen molar-refractivity contribution in [3.8, 4) is 0 Å². The molecule has 0 saturated heterocycles. The van der Waals surface area contributed by atoms with Gasteiger partial charge < -0.3 is 10.5 Å². The number of rotatable bonds is 6. The molecule has 3 nitrogen and oxygen atoms in total. The summed E-state index contributed by atoms with van der Waals surface area (Å²) in [6.45, 7) is 1.17. The van der Waals surface area contributed by atoms with Gasteiger partial charge in [0.2, 0.25) is 0 Å². The first kappa shape index (κ1) is 12.0. The third kappa shape index (κ3) is 5.40. The van der Waals surface area contributed by atoms with Crippen molar-refractivity contribution < 1.29 is 4.74 Å². The molecule has 3 N–H and O–H groups in total. The van der Waals surface area contributed by atoms with E-state index in [-0.39, 0.29) is 5.84 Å². The predicted molar refractivity (Wildman–Crippen MR) is 62.3 cm³/mol. The molecule has 0 heterocycles. The molecule has 0 saturated carbocycles. The first-order valence-corrected chi connectivity index (χ1v) is 5.21. The molecule has 15 heavy (non-hydrogen) atoms. The summed E-state index contributed by atoms with van der Waals surface area (Å²) < 4.78 is 5.41. The normalized spacial score (nSPS) is 10.2. The van der Waals surface area contributed by atoms with Gasteiger partial charge in [-0.25, -0.2) is 0 Å². The quantitative estimate of drug-likeness (QED) is 0.445. The summed E-state index contributed by atoms with van der Waals surface area (Å²) in [6.07, 6.45) is 1.38. The van der Waals surface area contributed by atoms with Crippen molar-refractivity contribution in [2.24, 2.45) is 5.73 Å². The predicted octanol–water partition coefficient (Wildman–Crippen LogP) is 2.57. The number of nitrogens with two attached hydrogens (primary N) is 1. The molecule has 0 atom stereocenters. The first-order chi connectivity index (χ1) is 7.18. The molecule has 0 unspecified atom stereocenters. The van der Waals surface area contributed by atoms with E-state index in [1.54, 1.807) is 0 Å². The lowest BCUT2D eigenvalue weighted by molar-refractivity contribution is 0.119. The molecule has 0 aliphatic rings. The summed E-state index contributed by atoms with van der Waals surface area (Å²) in [6, 6.07) is 7.58. The van der Waals surface area contributed by atoms with Crippen LogP contribution in [0.25, 0.3) is 0 Å². The average molecular weight is 227 g/mol. The van der Waals surface area contributed by atoms with Crippen LogP contribution in [-0.4, -0.2) is 12.4 Å². The Morgan fingerprint density at radius 2 is 2.27 bits per heavy atom. The standard InChI is InChI=1S/C11H15ClN2O/c12-10-4-1-3-9(7-10)8-15-6-2-5-11(13)14/h1,3-4,7H,2,5-6,8H2,(H3,13,14). The van der Waals surface area contributed by atoms with Crippen molar-refractivity contribution in [2.45, 2.75) is 19.4 Å². The van der Waals surface area contributed by atoms with Gasteiger partial charge in [0.05, 0.1) is 12.4 Å². The van der Waals surface area contributed by atoms with E-state index in [1.807, 2.05) is 24.3 Å². The fraction of sp³-hybridized carbons (Fsp3) is 0.364. The van der Waals surface area contributed by atoms with Gasteiger partial charge in [-0.1, -0.05) is 23.7 Å². The van der Waals surface area contributed by atoms with Crippen LogP contribution in [0.4, 0.5) is 0 Å². The van der Waals surface area contributed by atoms with Gasteiger partial charge in [0.1, 0.15) is 0 Å². The monoisotopic (exact) mass is 226 g/mol. The van der Waals surface area contributed by atoms with Crippen LogP contribution in [0.1, 0.15) is 18.4 Å². The lowest BCUT2D eigenvalue weighted by atomic mass is 10.2. The van der Waals surface area contributed by atoms with Gasteiger partial charge in [-0.05, 0) is 24.1 Å². The third-order valence-electron chi connectivity index (χ3n) is 1.89. The number of halogens is 1.